The van der Waals surface area contributed by atoms with E-state index in [-0.39, 0.29) is 0 Å². The molecule has 1 aromatic carbocycles. The summed E-state index contributed by atoms with van der Waals surface area (Å²) < 4.78 is 0. The van der Waals surface area contributed by atoms with E-state index in [0.717, 1.165) is 32.9 Å². The van der Waals surface area contributed by atoms with Gasteiger partial charge in [-0.1, -0.05) is 17.7 Å². The van der Waals surface area contributed by atoms with Crippen molar-refractivity contribution in [2.45, 2.75) is 42.4 Å². The van der Waals surface area contributed by atoms with Crippen molar-refractivity contribution in [2.24, 2.45) is 0 Å². The number of rotatable bonds is 5. The molecular formula is C15H16ClN3S. The van der Waals surface area contributed by atoms with Gasteiger partial charge >= 0.3 is 0 Å². The number of aromatic nitrogens is 2. The second kappa shape index (κ2) is 6.12. The molecule has 1 N–H and O–H groups in total. The number of nitrogens with zero attached hydrogens (tertiary/aromatic N) is 2. The standard InChI is InChI=1S/C15H16ClN3S/c1-10-6-7-17-15(19-10)20-13-5-2-11(14(16)8-13)9-18-12-3-4-12/h2,5-8,12,18H,3-4,9H2,1H3. The zero-order chi connectivity index (χ0) is 13.9. The number of hydrogen-bond acceptors (Lipinski definition) is 4. The minimum Gasteiger partial charge on any atom is -0.310 e. The smallest absolute Gasteiger partial charge is 0.192 e. The average molecular weight is 306 g/mol. The van der Waals surface area contributed by atoms with Crippen LogP contribution in [0.25, 0.3) is 0 Å². The number of nitrogens with one attached hydrogen (secondary N) is 1. The molecule has 0 saturated heterocycles. The molecule has 2 aromatic rings. The predicted octanol–water partition coefficient (Wildman–Crippen LogP) is 3.84. The van der Waals surface area contributed by atoms with E-state index in [4.69, 9.17) is 11.6 Å². The Bertz CT molecular complexity index is 614. The van der Waals surface area contributed by atoms with Gasteiger partial charge in [0.1, 0.15) is 0 Å². The minimum absolute atomic E-state index is 0.695. The topological polar surface area (TPSA) is 37.8 Å². The van der Waals surface area contributed by atoms with E-state index >= 15 is 0 Å². The van der Waals surface area contributed by atoms with E-state index < -0.39 is 0 Å². The second-order valence-electron chi connectivity index (χ2n) is 4.99. The Morgan fingerprint density at radius 3 is 2.90 bits per heavy atom. The summed E-state index contributed by atoms with van der Waals surface area (Å²) in [4.78, 5) is 9.70. The van der Waals surface area contributed by atoms with Gasteiger partial charge < -0.3 is 5.32 Å². The summed E-state index contributed by atoms with van der Waals surface area (Å²) >= 11 is 7.87. The fraction of sp³-hybridized carbons (Fsp3) is 0.333. The van der Waals surface area contributed by atoms with Crippen molar-refractivity contribution in [2.75, 3.05) is 0 Å². The third-order valence-electron chi connectivity index (χ3n) is 3.16. The quantitative estimate of drug-likeness (QED) is 0.852. The molecule has 1 saturated carbocycles. The van der Waals surface area contributed by atoms with Gasteiger partial charge in [-0.05, 0) is 55.3 Å². The van der Waals surface area contributed by atoms with Crippen molar-refractivity contribution in [3.63, 3.8) is 0 Å². The first-order valence-corrected chi connectivity index (χ1v) is 7.89. The van der Waals surface area contributed by atoms with Crippen LogP contribution in [-0.2, 0) is 6.54 Å². The van der Waals surface area contributed by atoms with Gasteiger partial charge in [0.05, 0.1) is 0 Å². The van der Waals surface area contributed by atoms with Crippen LogP contribution in [0.5, 0.6) is 0 Å². The molecule has 5 heteroatoms. The van der Waals surface area contributed by atoms with Gasteiger partial charge in [-0.15, -0.1) is 0 Å². The van der Waals surface area contributed by atoms with Crippen molar-refractivity contribution in [3.8, 4) is 0 Å². The molecular weight excluding hydrogens is 290 g/mol. The summed E-state index contributed by atoms with van der Waals surface area (Å²) in [5, 5.41) is 5.03. The number of aryl methyl sites for hydroxylation is 1. The fourth-order valence-corrected chi connectivity index (χ4v) is 3.00. The lowest BCUT2D eigenvalue weighted by Gasteiger charge is -2.07. The fourth-order valence-electron chi connectivity index (χ4n) is 1.86. The first kappa shape index (κ1) is 13.9. The van der Waals surface area contributed by atoms with Gasteiger partial charge in [-0.3, -0.25) is 0 Å². The van der Waals surface area contributed by atoms with Crippen LogP contribution in [0.15, 0.2) is 40.5 Å². The molecule has 3 nitrogen and oxygen atoms in total. The van der Waals surface area contributed by atoms with E-state index in [2.05, 4.69) is 27.4 Å². The lowest BCUT2D eigenvalue weighted by Crippen LogP contribution is -2.15. The van der Waals surface area contributed by atoms with Crippen LogP contribution in [0.1, 0.15) is 24.1 Å². The number of benzene rings is 1. The van der Waals surface area contributed by atoms with Gasteiger partial charge in [0, 0.05) is 34.4 Å². The van der Waals surface area contributed by atoms with Crippen LogP contribution in [0.3, 0.4) is 0 Å². The summed E-state index contributed by atoms with van der Waals surface area (Å²) in [5.74, 6) is 0. The molecule has 20 heavy (non-hydrogen) atoms. The van der Waals surface area contributed by atoms with Crippen LogP contribution in [-0.4, -0.2) is 16.0 Å². The highest BCUT2D eigenvalue weighted by atomic mass is 35.5. The Balaban J connectivity index is 1.69. The zero-order valence-corrected chi connectivity index (χ0v) is 12.8. The molecule has 1 aliphatic rings. The summed E-state index contributed by atoms with van der Waals surface area (Å²) in [6.45, 7) is 2.81. The van der Waals surface area contributed by atoms with E-state index in [1.807, 2.05) is 19.1 Å². The Labute approximate surface area is 128 Å². The van der Waals surface area contributed by atoms with Crippen LogP contribution in [0, 0.1) is 6.92 Å². The van der Waals surface area contributed by atoms with E-state index in [0.29, 0.717) is 6.04 Å². The maximum atomic E-state index is 6.34. The predicted molar refractivity (Wildman–Crippen MR) is 82.2 cm³/mol. The summed E-state index contributed by atoms with van der Waals surface area (Å²) in [7, 11) is 0. The highest BCUT2D eigenvalue weighted by Gasteiger charge is 2.20. The molecule has 1 aromatic heterocycles. The van der Waals surface area contributed by atoms with Gasteiger partial charge in [-0.2, -0.15) is 0 Å². The first-order chi connectivity index (χ1) is 9.70. The third kappa shape index (κ3) is 3.72. The molecule has 3 rings (SSSR count). The average Bonchev–Trinajstić information content (AvgIpc) is 3.22. The van der Waals surface area contributed by atoms with Gasteiger partial charge in [-0.25, -0.2) is 9.97 Å². The van der Waals surface area contributed by atoms with E-state index in [1.54, 1.807) is 6.20 Å². The highest BCUT2D eigenvalue weighted by Crippen LogP contribution is 2.29. The molecule has 1 fully saturated rings. The summed E-state index contributed by atoms with van der Waals surface area (Å²) in [6, 6.07) is 8.73. The largest absolute Gasteiger partial charge is 0.310 e. The Kier molecular flexibility index (Phi) is 4.24. The molecule has 0 atom stereocenters. The highest BCUT2D eigenvalue weighted by molar-refractivity contribution is 7.99. The maximum absolute atomic E-state index is 6.34. The monoisotopic (exact) mass is 305 g/mol. The SMILES string of the molecule is Cc1ccnc(Sc2ccc(CNC3CC3)c(Cl)c2)n1. The number of hydrogen-bond donors (Lipinski definition) is 1. The maximum Gasteiger partial charge on any atom is 0.192 e. The molecule has 0 aliphatic heterocycles. The Morgan fingerprint density at radius 1 is 1.35 bits per heavy atom. The van der Waals surface area contributed by atoms with Crippen molar-refractivity contribution in [1.29, 1.82) is 0 Å². The molecule has 0 bridgehead atoms. The zero-order valence-electron chi connectivity index (χ0n) is 11.3. The summed E-state index contributed by atoms with van der Waals surface area (Å²) in [6.07, 6.45) is 4.35. The van der Waals surface area contributed by atoms with E-state index in [9.17, 15) is 0 Å². The second-order valence-corrected chi connectivity index (χ2v) is 6.44. The molecule has 0 radical (unpaired) electrons. The number of halogens is 1. The Hall–Kier alpha value is -1.10. The van der Waals surface area contributed by atoms with Crippen LogP contribution in [0.4, 0.5) is 0 Å². The van der Waals surface area contributed by atoms with E-state index in [1.165, 1.54) is 24.6 Å². The van der Waals surface area contributed by atoms with Crippen molar-refractivity contribution in [3.05, 3.63) is 46.7 Å². The Morgan fingerprint density at radius 2 is 2.20 bits per heavy atom. The van der Waals surface area contributed by atoms with Crippen LogP contribution >= 0.6 is 23.4 Å². The van der Waals surface area contributed by atoms with Gasteiger partial charge in [0.15, 0.2) is 5.16 Å². The molecule has 0 unspecified atom stereocenters. The van der Waals surface area contributed by atoms with Crippen molar-refractivity contribution in [1.82, 2.24) is 15.3 Å². The molecule has 1 aliphatic carbocycles. The molecule has 0 spiro atoms. The minimum atomic E-state index is 0.695. The molecule has 104 valence electrons. The summed E-state index contributed by atoms with van der Waals surface area (Å²) in [5.41, 5.74) is 2.12. The van der Waals surface area contributed by atoms with Gasteiger partial charge in [0.25, 0.3) is 0 Å². The van der Waals surface area contributed by atoms with Crippen molar-refractivity contribution >= 4 is 23.4 Å². The van der Waals surface area contributed by atoms with Crippen molar-refractivity contribution < 1.29 is 0 Å². The lowest BCUT2D eigenvalue weighted by molar-refractivity contribution is 0.687. The molecule has 0 amide bonds. The van der Waals surface area contributed by atoms with Crippen LogP contribution in [0.2, 0.25) is 5.02 Å². The first-order valence-electron chi connectivity index (χ1n) is 6.70. The normalized spacial score (nSPS) is 14.5. The lowest BCUT2D eigenvalue weighted by atomic mass is 10.2. The molecule has 1 heterocycles. The third-order valence-corrected chi connectivity index (χ3v) is 4.39. The van der Waals surface area contributed by atoms with Gasteiger partial charge in [0.2, 0.25) is 0 Å². The van der Waals surface area contributed by atoms with Crippen LogP contribution < -0.4 is 5.32 Å².